The molecule has 0 saturated carbocycles. The van der Waals surface area contributed by atoms with Crippen LogP contribution in [0.1, 0.15) is 28.8 Å². The van der Waals surface area contributed by atoms with Crippen molar-refractivity contribution in [1.82, 2.24) is 10.3 Å². The second-order valence-electron chi connectivity index (χ2n) is 6.77. The van der Waals surface area contributed by atoms with E-state index in [0.717, 1.165) is 17.1 Å². The number of carbonyl (C=O) groups is 2. The smallest absolute Gasteiger partial charge is 0.253 e. The number of hydrogen-bond donors (Lipinski definition) is 2. The van der Waals surface area contributed by atoms with Gasteiger partial charge in [-0.2, -0.15) is 0 Å². The first-order chi connectivity index (χ1) is 15.2. The summed E-state index contributed by atoms with van der Waals surface area (Å²) in [6.45, 7) is 0.768. The number of anilines is 1. The third kappa shape index (κ3) is 6.85. The highest BCUT2D eigenvalue weighted by atomic mass is 16.5. The Labute approximate surface area is 181 Å². The lowest BCUT2D eigenvalue weighted by atomic mass is 10.1. The molecule has 2 amide bonds. The summed E-state index contributed by atoms with van der Waals surface area (Å²) >= 11 is 0. The topological polar surface area (TPSA) is 89.5 Å². The molecule has 0 spiro atoms. The second-order valence-corrected chi connectivity index (χ2v) is 6.77. The minimum atomic E-state index is -0.261. The number of aromatic nitrogens is 1. The number of amides is 2. The van der Waals surface area contributed by atoms with Crippen LogP contribution in [0.3, 0.4) is 0 Å². The molecule has 7 nitrogen and oxygen atoms in total. The van der Waals surface area contributed by atoms with E-state index in [9.17, 15) is 9.59 Å². The average molecular weight is 419 g/mol. The molecular formula is C24H25N3O4. The van der Waals surface area contributed by atoms with E-state index >= 15 is 0 Å². The van der Waals surface area contributed by atoms with Crippen molar-refractivity contribution in [2.75, 3.05) is 19.0 Å². The number of nitrogens with one attached hydrogen (secondary N) is 2. The van der Waals surface area contributed by atoms with Gasteiger partial charge in [0.05, 0.1) is 25.0 Å². The Kier molecular flexibility index (Phi) is 7.99. The summed E-state index contributed by atoms with van der Waals surface area (Å²) in [5.74, 6) is 1.04. The fourth-order valence-corrected chi connectivity index (χ4v) is 2.88. The number of ether oxygens (including phenoxy) is 2. The van der Waals surface area contributed by atoms with Gasteiger partial charge in [-0.25, -0.2) is 0 Å². The van der Waals surface area contributed by atoms with Gasteiger partial charge in [0.25, 0.3) is 5.91 Å². The molecule has 160 valence electrons. The minimum absolute atomic E-state index is 0.175. The molecule has 0 saturated heterocycles. The fraction of sp³-hybridized carbons (Fsp3) is 0.208. The first kappa shape index (κ1) is 21.8. The first-order valence-electron chi connectivity index (χ1n) is 9.98. The van der Waals surface area contributed by atoms with E-state index in [-0.39, 0.29) is 18.2 Å². The van der Waals surface area contributed by atoms with Gasteiger partial charge in [-0.05, 0) is 54.4 Å². The number of carbonyl (C=O) groups excluding carboxylic acids is 2. The zero-order valence-corrected chi connectivity index (χ0v) is 17.3. The van der Waals surface area contributed by atoms with E-state index in [1.54, 1.807) is 43.8 Å². The van der Waals surface area contributed by atoms with E-state index in [1.165, 1.54) is 0 Å². The van der Waals surface area contributed by atoms with Crippen LogP contribution in [0, 0.1) is 0 Å². The molecule has 2 N–H and O–H groups in total. The predicted octanol–water partition coefficient (Wildman–Crippen LogP) is 3.82. The number of benzene rings is 2. The summed E-state index contributed by atoms with van der Waals surface area (Å²) in [7, 11) is 1.61. The van der Waals surface area contributed by atoms with Crippen LogP contribution in [0.5, 0.6) is 11.5 Å². The molecule has 0 unspecified atom stereocenters. The van der Waals surface area contributed by atoms with Crippen LogP contribution in [-0.2, 0) is 11.3 Å². The van der Waals surface area contributed by atoms with Crippen LogP contribution in [0.15, 0.2) is 73.1 Å². The van der Waals surface area contributed by atoms with Crippen molar-refractivity contribution >= 4 is 17.5 Å². The quantitative estimate of drug-likeness (QED) is 0.488. The largest absolute Gasteiger partial charge is 0.497 e. The van der Waals surface area contributed by atoms with Gasteiger partial charge in [0.1, 0.15) is 11.5 Å². The summed E-state index contributed by atoms with van der Waals surface area (Å²) in [5.41, 5.74) is 1.79. The van der Waals surface area contributed by atoms with Gasteiger partial charge in [-0.15, -0.1) is 0 Å². The van der Waals surface area contributed by atoms with E-state index in [0.29, 0.717) is 30.8 Å². The molecule has 3 rings (SSSR count). The van der Waals surface area contributed by atoms with Gasteiger partial charge in [-0.1, -0.05) is 18.2 Å². The minimum Gasteiger partial charge on any atom is -0.497 e. The second kappa shape index (κ2) is 11.3. The van der Waals surface area contributed by atoms with Gasteiger partial charge < -0.3 is 20.1 Å². The number of rotatable bonds is 10. The summed E-state index contributed by atoms with van der Waals surface area (Å²) in [4.78, 5) is 28.9. The molecule has 0 radical (unpaired) electrons. The van der Waals surface area contributed by atoms with Crippen LogP contribution in [0.25, 0.3) is 0 Å². The van der Waals surface area contributed by atoms with Gasteiger partial charge in [0.2, 0.25) is 5.91 Å². The molecule has 0 aliphatic heterocycles. The molecule has 0 bridgehead atoms. The van der Waals surface area contributed by atoms with Crippen LogP contribution in [-0.4, -0.2) is 30.5 Å². The highest BCUT2D eigenvalue weighted by molar-refractivity contribution is 6.03. The van der Waals surface area contributed by atoms with E-state index < -0.39 is 0 Å². The highest BCUT2D eigenvalue weighted by Gasteiger charge is 2.13. The molecule has 0 aliphatic rings. The SMILES string of the molecule is COc1ccc(OCCCC(=O)Nc2ccccc2C(=O)NCc2cccnc2)cc1. The number of nitrogens with zero attached hydrogens (tertiary/aromatic N) is 1. The van der Waals surface area contributed by atoms with Crippen molar-refractivity contribution in [3.63, 3.8) is 0 Å². The standard InChI is InChI=1S/C24H25N3O4/c1-30-19-10-12-20(13-11-19)31-15-5-9-23(28)27-22-8-3-2-7-21(22)24(29)26-17-18-6-4-14-25-16-18/h2-4,6-8,10-14,16H,5,9,15,17H2,1H3,(H,26,29)(H,27,28). The van der Waals surface area contributed by atoms with Crippen LogP contribution in [0.2, 0.25) is 0 Å². The summed E-state index contributed by atoms with van der Waals surface area (Å²) in [6, 6.07) is 17.9. The van der Waals surface area contributed by atoms with Crippen LogP contribution < -0.4 is 20.1 Å². The molecule has 0 atom stereocenters. The van der Waals surface area contributed by atoms with Crippen molar-refractivity contribution < 1.29 is 19.1 Å². The van der Waals surface area contributed by atoms with Crippen molar-refractivity contribution in [3.05, 3.63) is 84.2 Å². The molecule has 3 aromatic rings. The number of pyridine rings is 1. The average Bonchev–Trinajstić information content (AvgIpc) is 2.81. The normalized spacial score (nSPS) is 10.2. The lowest BCUT2D eigenvalue weighted by molar-refractivity contribution is -0.116. The molecular weight excluding hydrogens is 394 g/mol. The maximum atomic E-state index is 12.6. The van der Waals surface area contributed by atoms with Crippen LogP contribution in [0.4, 0.5) is 5.69 Å². The highest BCUT2D eigenvalue weighted by Crippen LogP contribution is 2.18. The lowest BCUT2D eigenvalue weighted by Crippen LogP contribution is -2.25. The van der Waals surface area contributed by atoms with Crippen molar-refractivity contribution in [2.45, 2.75) is 19.4 Å². The number of para-hydroxylation sites is 1. The lowest BCUT2D eigenvalue weighted by Gasteiger charge is -2.12. The summed E-state index contributed by atoms with van der Waals surface area (Å²) in [5, 5.41) is 5.67. The molecule has 0 fully saturated rings. The Bertz CT molecular complexity index is 991. The van der Waals surface area contributed by atoms with Crippen LogP contribution >= 0.6 is 0 Å². The Morgan fingerprint density at radius 2 is 1.74 bits per heavy atom. The fourth-order valence-electron chi connectivity index (χ4n) is 2.88. The van der Waals surface area contributed by atoms with Crippen molar-refractivity contribution in [3.8, 4) is 11.5 Å². The van der Waals surface area contributed by atoms with Gasteiger partial charge in [0.15, 0.2) is 0 Å². The maximum absolute atomic E-state index is 12.6. The van der Waals surface area contributed by atoms with Crippen molar-refractivity contribution in [2.24, 2.45) is 0 Å². The number of methoxy groups -OCH3 is 1. The molecule has 7 heteroatoms. The number of hydrogen-bond acceptors (Lipinski definition) is 5. The Hall–Kier alpha value is -3.87. The first-order valence-corrected chi connectivity index (χ1v) is 9.98. The summed E-state index contributed by atoms with van der Waals surface area (Å²) in [6.07, 6.45) is 4.20. The molecule has 0 aliphatic carbocycles. The third-order valence-corrected chi connectivity index (χ3v) is 4.50. The van der Waals surface area contributed by atoms with E-state index in [4.69, 9.17) is 9.47 Å². The van der Waals surface area contributed by atoms with Crippen molar-refractivity contribution in [1.29, 1.82) is 0 Å². The third-order valence-electron chi connectivity index (χ3n) is 4.50. The zero-order valence-electron chi connectivity index (χ0n) is 17.3. The van der Waals surface area contributed by atoms with Gasteiger partial charge in [0, 0.05) is 25.4 Å². The van der Waals surface area contributed by atoms with Gasteiger partial charge >= 0.3 is 0 Å². The van der Waals surface area contributed by atoms with Gasteiger partial charge in [-0.3, -0.25) is 14.6 Å². The molecule has 1 heterocycles. The maximum Gasteiger partial charge on any atom is 0.253 e. The molecule has 2 aromatic carbocycles. The zero-order chi connectivity index (χ0) is 21.9. The summed E-state index contributed by atoms with van der Waals surface area (Å²) < 4.78 is 10.7. The molecule has 31 heavy (non-hydrogen) atoms. The monoisotopic (exact) mass is 419 g/mol. The Balaban J connectivity index is 1.46. The predicted molar refractivity (Wildman–Crippen MR) is 118 cm³/mol. The van der Waals surface area contributed by atoms with E-state index in [2.05, 4.69) is 15.6 Å². The Morgan fingerprint density at radius 3 is 2.48 bits per heavy atom. The molecule has 1 aromatic heterocycles. The Morgan fingerprint density at radius 1 is 0.968 bits per heavy atom. The van der Waals surface area contributed by atoms with E-state index in [1.807, 2.05) is 36.4 Å².